The lowest BCUT2D eigenvalue weighted by molar-refractivity contribution is 0.0701. The van der Waals surface area contributed by atoms with E-state index in [1.54, 1.807) is 0 Å². The molecular weight excluding hydrogens is 248 g/mol. The predicted octanol–water partition coefficient (Wildman–Crippen LogP) is 3.41. The molecule has 0 aromatic heterocycles. The summed E-state index contributed by atoms with van der Waals surface area (Å²) in [5.74, 6) is -2.03. The van der Waals surface area contributed by atoms with Crippen molar-refractivity contribution in [3.8, 4) is 0 Å². The number of ketones is 1. The van der Waals surface area contributed by atoms with Crippen LogP contribution in [0.15, 0.2) is 18.2 Å². The topological polar surface area (TPSA) is 20.3 Å². The van der Waals surface area contributed by atoms with Crippen LogP contribution in [0.4, 0.5) is 8.78 Å². The largest absolute Gasteiger partial charge is 0.292 e. The molecule has 1 saturated heterocycles. The highest BCUT2D eigenvalue weighted by molar-refractivity contribution is 5.99. The van der Waals surface area contributed by atoms with E-state index in [2.05, 4.69) is 11.8 Å². The molecule has 2 rings (SSSR count). The Balaban J connectivity index is 2.15. The van der Waals surface area contributed by atoms with Crippen LogP contribution < -0.4 is 0 Å². The molecule has 0 radical (unpaired) electrons. The molecule has 104 valence electrons. The van der Waals surface area contributed by atoms with Gasteiger partial charge in [-0.3, -0.25) is 9.69 Å². The fourth-order valence-corrected chi connectivity index (χ4v) is 2.74. The maximum absolute atomic E-state index is 13.2. The van der Waals surface area contributed by atoms with Crippen LogP contribution in [0.25, 0.3) is 0 Å². The van der Waals surface area contributed by atoms with Gasteiger partial charge in [0.1, 0.15) is 0 Å². The first-order valence-corrected chi connectivity index (χ1v) is 6.75. The van der Waals surface area contributed by atoms with Gasteiger partial charge in [0.05, 0.1) is 6.04 Å². The van der Waals surface area contributed by atoms with Gasteiger partial charge in [0, 0.05) is 11.6 Å². The Morgan fingerprint density at radius 3 is 2.68 bits per heavy atom. The van der Waals surface area contributed by atoms with Gasteiger partial charge < -0.3 is 0 Å². The van der Waals surface area contributed by atoms with Crippen molar-refractivity contribution in [1.29, 1.82) is 0 Å². The molecule has 1 fully saturated rings. The molecule has 4 heteroatoms. The van der Waals surface area contributed by atoms with E-state index in [-0.39, 0.29) is 17.4 Å². The molecule has 0 saturated carbocycles. The summed E-state index contributed by atoms with van der Waals surface area (Å²) in [4.78, 5) is 14.5. The summed E-state index contributed by atoms with van der Waals surface area (Å²) >= 11 is 0. The third-order valence-corrected chi connectivity index (χ3v) is 3.94. The standard InChI is InChI=1S/C15H19F2NO/c1-10-5-3-4-8-18(10)11(2)15(19)12-6-7-13(16)14(17)9-12/h6-7,9-11H,3-5,8H2,1-2H3. The van der Waals surface area contributed by atoms with Gasteiger partial charge in [-0.15, -0.1) is 0 Å². The second-order valence-electron chi connectivity index (χ2n) is 5.25. The maximum atomic E-state index is 13.2. The second kappa shape index (κ2) is 5.78. The SMILES string of the molecule is CC1CCCCN1C(C)C(=O)c1ccc(F)c(F)c1. The van der Waals surface area contributed by atoms with Gasteiger partial charge in [-0.25, -0.2) is 8.78 Å². The lowest BCUT2D eigenvalue weighted by Crippen LogP contribution is -2.47. The Morgan fingerprint density at radius 1 is 1.32 bits per heavy atom. The first-order valence-electron chi connectivity index (χ1n) is 6.75. The molecule has 2 unspecified atom stereocenters. The van der Waals surface area contributed by atoms with Crippen LogP contribution in [0.1, 0.15) is 43.5 Å². The highest BCUT2D eigenvalue weighted by Crippen LogP contribution is 2.21. The Kier molecular flexibility index (Phi) is 4.30. The number of hydrogen-bond acceptors (Lipinski definition) is 2. The van der Waals surface area contributed by atoms with E-state index in [9.17, 15) is 13.6 Å². The van der Waals surface area contributed by atoms with E-state index in [1.807, 2.05) is 6.92 Å². The molecule has 0 aliphatic carbocycles. The van der Waals surface area contributed by atoms with Crippen molar-refractivity contribution in [2.45, 2.75) is 45.2 Å². The third kappa shape index (κ3) is 3.00. The zero-order valence-electron chi connectivity index (χ0n) is 11.3. The number of nitrogens with zero attached hydrogens (tertiary/aromatic N) is 1. The second-order valence-corrected chi connectivity index (χ2v) is 5.25. The van der Waals surface area contributed by atoms with Crippen LogP contribution in [0, 0.1) is 11.6 Å². The van der Waals surface area contributed by atoms with Crippen LogP contribution in [-0.2, 0) is 0 Å². The summed E-state index contributed by atoms with van der Waals surface area (Å²) in [7, 11) is 0. The average Bonchev–Trinajstić information content (AvgIpc) is 2.41. The van der Waals surface area contributed by atoms with Gasteiger partial charge in [0.25, 0.3) is 0 Å². The number of carbonyl (C=O) groups is 1. The van der Waals surface area contributed by atoms with Crippen molar-refractivity contribution in [1.82, 2.24) is 4.90 Å². The fraction of sp³-hybridized carbons (Fsp3) is 0.533. The highest BCUT2D eigenvalue weighted by atomic mass is 19.2. The van der Waals surface area contributed by atoms with Crippen LogP contribution in [0.3, 0.4) is 0 Å². The summed E-state index contributed by atoms with van der Waals surface area (Å²) in [6.45, 7) is 4.83. The monoisotopic (exact) mass is 267 g/mol. The van der Waals surface area contributed by atoms with Crippen molar-refractivity contribution in [3.63, 3.8) is 0 Å². The number of halogens is 2. The average molecular weight is 267 g/mol. The molecule has 19 heavy (non-hydrogen) atoms. The summed E-state index contributed by atoms with van der Waals surface area (Å²) in [6, 6.07) is 3.42. The fourth-order valence-electron chi connectivity index (χ4n) is 2.74. The molecule has 1 heterocycles. The highest BCUT2D eigenvalue weighted by Gasteiger charge is 2.28. The van der Waals surface area contributed by atoms with Crippen LogP contribution in [-0.4, -0.2) is 29.3 Å². The minimum absolute atomic E-state index is 0.146. The van der Waals surface area contributed by atoms with Crippen molar-refractivity contribution >= 4 is 5.78 Å². The molecule has 1 aromatic carbocycles. The van der Waals surface area contributed by atoms with Crippen LogP contribution in [0.2, 0.25) is 0 Å². The summed E-state index contributed by atoms with van der Waals surface area (Å²) in [5, 5.41) is 0. The number of carbonyl (C=O) groups excluding carboxylic acids is 1. The first-order chi connectivity index (χ1) is 9.00. The summed E-state index contributed by atoms with van der Waals surface area (Å²) in [6.07, 6.45) is 3.35. The quantitative estimate of drug-likeness (QED) is 0.782. The minimum Gasteiger partial charge on any atom is -0.292 e. The van der Waals surface area contributed by atoms with Crippen LogP contribution >= 0.6 is 0 Å². The molecule has 0 bridgehead atoms. The van der Waals surface area contributed by atoms with Crippen molar-refractivity contribution in [2.75, 3.05) is 6.54 Å². The van der Waals surface area contributed by atoms with E-state index in [0.29, 0.717) is 6.04 Å². The van der Waals surface area contributed by atoms with E-state index in [1.165, 1.54) is 12.5 Å². The van der Waals surface area contributed by atoms with Gasteiger partial charge in [-0.05, 0) is 51.4 Å². The number of hydrogen-bond donors (Lipinski definition) is 0. The van der Waals surface area contributed by atoms with Gasteiger partial charge in [0.2, 0.25) is 0 Å². The molecule has 1 aliphatic rings. The predicted molar refractivity (Wildman–Crippen MR) is 70.2 cm³/mol. The lowest BCUT2D eigenvalue weighted by atomic mass is 9.97. The van der Waals surface area contributed by atoms with Gasteiger partial charge in [-0.1, -0.05) is 6.42 Å². The molecule has 2 atom stereocenters. The van der Waals surface area contributed by atoms with Gasteiger partial charge in [-0.2, -0.15) is 0 Å². The Bertz CT molecular complexity index is 475. The van der Waals surface area contributed by atoms with E-state index in [0.717, 1.165) is 31.5 Å². The molecule has 2 nitrogen and oxygen atoms in total. The number of rotatable bonds is 3. The lowest BCUT2D eigenvalue weighted by Gasteiger charge is -2.37. The van der Waals surface area contributed by atoms with Gasteiger partial charge in [0.15, 0.2) is 17.4 Å². The minimum atomic E-state index is -0.968. The Morgan fingerprint density at radius 2 is 2.05 bits per heavy atom. The number of Topliss-reactive ketones (excluding diaryl/α,β-unsaturated/α-hetero) is 1. The number of piperidine rings is 1. The van der Waals surface area contributed by atoms with Crippen molar-refractivity contribution in [2.24, 2.45) is 0 Å². The van der Waals surface area contributed by atoms with Gasteiger partial charge >= 0.3 is 0 Å². The zero-order chi connectivity index (χ0) is 14.0. The Labute approximate surface area is 112 Å². The van der Waals surface area contributed by atoms with E-state index < -0.39 is 11.6 Å². The third-order valence-electron chi connectivity index (χ3n) is 3.94. The molecular formula is C15H19F2NO. The van der Waals surface area contributed by atoms with Crippen molar-refractivity contribution in [3.05, 3.63) is 35.4 Å². The normalized spacial score (nSPS) is 22.2. The molecule has 1 aliphatic heterocycles. The molecule has 0 amide bonds. The van der Waals surface area contributed by atoms with E-state index in [4.69, 9.17) is 0 Å². The maximum Gasteiger partial charge on any atom is 0.179 e. The first kappa shape index (κ1) is 14.1. The molecule has 0 N–H and O–H groups in total. The molecule has 0 spiro atoms. The van der Waals surface area contributed by atoms with Crippen molar-refractivity contribution < 1.29 is 13.6 Å². The zero-order valence-corrected chi connectivity index (χ0v) is 11.3. The Hall–Kier alpha value is -1.29. The van der Waals surface area contributed by atoms with E-state index >= 15 is 0 Å². The summed E-state index contributed by atoms with van der Waals surface area (Å²) in [5.41, 5.74) is 0.240. The summed E-state index contributed by atoms with van der Waals surface area (Å²) < 4.78 is 26.1. The number of benzene rings is 1. The smallest absolute Gasteiger partial charge is 0.179 e. The van der Waals surface area contributed by atoms with Crippen LogP contribution in [0.5, 0.6) is 0 Å². The number of likely N-dealkylation sites (tertiary alicyclic amines) is 1. The molecule has 1 aromatic rings.